The van der Waals surface area contributed by atoms with Crippen LogP contribution in [0, 0.1) is 13.8 Å². The molecule has 0 unspecified atom stereocenters. The molecule has 0 spiro atoms. The Balaban J connectivity index is 1.81. The monoisotopic (exact) mass is 359 g/mol. The molecule has 132 valence electrons. The number of hydrogen-bond donors (Lipinski definition) is 1. The quantitative estimate of drug-likeness (QED) is 0.913. The van der Waals surface area contributed by atoms with E-state index in [2.05, 4.69) is 32.1 Å². The Hall–Kier alpha value is -2.18. The minimum Gasteiger partial charge on any atom is -0.338 e. The molecule has 1 aliphatic heterocycles. The highest BCUT2D eigenvalue weighted by Crippen LogP contribution is 2.23. The van der Waals surface area contributed by atoms with E-state index in [1.165, 1.54) is 0 Å². The zero-order valence-corrected chi connectivity index (χ0v) is 15.5. The average molecular weight is 360 g/mol. The van der Waals surface area contributed by atoms with Gasteiger partial charge in [-0.3, -0.25) is 4.79 Å². The van der Waals surface area contributed by atoms with Crippen molar-refractivity contribution in [3.05, 3.63) is 46.2 Å². The predicted molar refractivity (Wildman–Crippen MR) is 101 cm³/mol. The van der Waals surface area contributed by atoms with Crippen molar-refractivity contribution in [2.24, 2.45) is 0 Å². The topological polar surface area (TPSA) is 61.4 Å². The molecular weight excluding hydrogens is 338 g/mol. The van der Waals surface area contributed by atoms with E-state index < -0.39 is 0 Å². The number of likely N-dealkylation sites (N-methyl/N-ethyl adjacent to an activating group) is 1. The molecule has 1 saturated heterocycles. The van der Waals surface area contributed by atoms with Crippen LogP contribution in [0.15, 0.2) is 24.3 Å². The van der Waals surface area contributed by atoms with Crippen molar-refractivity contribution in [1.82, 2.24) is 14.9 Å². The second kappa shape index (κ2) is 7.37. The van der Waals surface area contributed by atoms with Gasteiger partial charge in [0.25, 0.3) is 5.91 Å². The first-order valence-corrected chi connectivity index (χ1v) is 8.68. The average Bonchev–Trinajstić information content (AvgIpc) is 2.59. The zero-order valence-electron chi connectivity index (χ0n) is 14.7. The van der Waals surface area contributed by atoms with Gasteiger partial charge < -0.3 is 15.1 Å². The van der Waals surface area contributed by atoms with Gasteiger partial charge in [0.1, 0.15) is 0 Å². The van der Waals surface area contributed by atoms with Gasteiger partial charge in [-0.2, -0.15) is 0 Å². The molecule has 0 atom stereocenters. The van der Waals surface area contributed by atoms with Crippen molar-refractivity contribution < 1.29 is 4.79 Å². The van der Waals surface area contributed by atoms with Crippen molar-refractivity contribution in [2.75, 3.05) is 43.4 Å². The second-order valence-corrected chi connectivity index (χ2v) is 6.70. The third-order valence-electron chi connectivity index (χ3n) is 4.40. The Morgan fingerprint density at radius 1 is 1.08 bits per heavy atom. The number of benzene rings is 1. The SMILES string of the molecule is Cc1nc(N2CCN(C)CC2)nc(C)c1NC(=O)c1ccccc1Cl. The van der Waals surface area contributed by atoms with Crippen LogP contribution in [0.2, 0.25) is 5.02 Å². The Kier molecular flexibility index (Phi) is 5.20. The molecule has 25 heavy (non-hydrogen) atoms. The number of aromatic nitrogens is 2. The fourth-order valence-corrected chi connectivity index (χ4v) is 3.08. The largest absolute Gasteiger partial charge is 0.338 e. The first kappa shape index (κ1) is 17.6. The molecule has 6 nitrogen and oxygen atoms in total. The number of halogens is 1. The lowest BCUT2D eigenvalue weighted by atomic mass is 10.2. The van der Waals surface area contributed by atoms with Gasteiger partial charge in [-0.1, -0.05) is 23.7 Å². The van der Waals surface area contributed by atoms with Crippen LogP contribution in [0.4, 0.5) is 11.6 Å². The van der Waals surface area contributed by atoms with E-state index in [0.29, 0.717) is 16.3 Å². The van der Waals surface area contributed by atoms with Crippen LogP contribution in [0.25, 0.3) is 0 Å². The Labute approximate surface area is 152 Å². The summed E-state index contributed by atoms with van der Waals surface area (Å²) in [4.78, 5) is 26.2. The third-order valence-corrected chi connectivity index (χ3v) is 4.73. The van der Waals surface area contributed by atoms with E-state index in [1.807, 2.05) is 13.8 Å². The third kappa shape index (κ3) is 3.91. The van der Waals surface area contributed by atoms with Crippen LogP contribution in [-0.4, -0.2) is 54.0 Å². The van der Waals surface area contributed by atoms with Crippen molar-refractivity contribution in [2.45, 2.75) is 13.8 Å². The van der Waals surface area contributed by atoms with Gasteiger partial charge in [0.2, 0.25) is 5.95 Å². The summed E-state index contributed by atoms with van der Waals surface area (Å²) in [6, 6.07) is 6.97. The summed E-state index contributed by atoms with van der Waals surface area (Å²) in [7, 11) is 2.11. The van der Waals surface area contributed by atoms with E-state index >= 15 is 0 Å². The molecule has 3 rings (SSSR count). The molecule has 1 aromatic carbocycles. The number of hydrogen-bond acceptors (Lipinski definition) is 5. The lowest BCUT2D eigenvalue weighted by Gasteiger charge is -2.32. The van der Waals surface area contributed by atoms with Gasteiger partial charge in [-0.15, -0.1) is 0 Å². The maximum absolute atomic E-state index is 12.5. The number of nitrogens with zero attached hydrogens (tertiary/aromatic N) is 4. The molecule has 1 N–H and O–H groups in total. The fourth-order valence-electron chi connectivity index (χ4n) is 2.85. The van der Waals surface area contributed by atoms with E-state index in [0.717, 1.165) is 43.5 Å². The van der Waals surface area contributed by atoms with Crippen LogP contribution in [0.1, 0.15) is 21.7 Å². The summed E-state index contributed by atoms with van der Waals surface area (Å²) in [6.45, 7) is 7.56. The van der Waals surface area contributed by atoms with Crippen molar-refractivity contribution in [3.63, 3.8) is 0 Å². The summed E-state index contributed by atoms with van der Waals surface area (Å²) < 4.78 is 0. The molecule has 0 radical (unpaired) electrons. The standard InChI is InChI=1S/C18H22ClN5O/c1-12-16(22-17(25)14-6-4-5-7-15(14)19)13(2)21-18(20-12)24-10-8-23(3)9-11-24/h4-7H,8-11H2,1-3H3,(H,22,25). The normalized spacial score (nSPS) is 15.3. The van der Waals surface area contributed by atoms with Gasteiger partial charge in [0.05, 0.1) is 27.7 Å². The number of piperazine rings is 1. The van der Waals surface area contributed by atoms with Crippen LogP contribution in [-0.2, 0) is 0 Å². The molecule has 1 aromatic heterocycles. The highest BCUT2D eigenvalue weighted by molar-refractivity contribution is 6.34. The highest BCUT2D eigenvalue weighted by Gasteiger charge is 2.20. The number of rotatable bonds is 3. The van der Waals surface area contributed by atoms with Gasteiger partial charge in [0, 0.05) is 26.2 Å². The lowest BCUT2D eigenvalue weighted by molar-refractivity contribution is 0.102. The minimum absolute atomic E-state index is 0.257. The minimum atomic E-state index is -0.257. The Bertz CT molecular complexity index is 764. The maximum Gasteiger partial charge on any atom is 0.257 e. The molecule has 1 aliphatic rings. The van der Waals surface area contributed by atoms with Crippen molar-refractivity contribution in [3.8, 4) is 0 Å². The number of nitrogens with one attached hydrogen (secondary N) is 1. The molecule has 2 aromatic rings. The predicted octanol–water partition coefficient (Wildman–Crippen LogP) is 2.75. The van der Waals surface area contributed by atoms with E-state index in [4.69, 9.17) is 11.6 Å². The maximum atomic E-state index is 12.5. The molecule has 1 amide bonds. The first-order chi connectivity index (χ1) is 12.0. The van der Waals surface area contributed by atoms with Gasteiger partial charge in [0.15, 0.2) is 0 Å². The van der Waals surface area contributed by atoms with Crippen LogP contribution in [0.5, 0.6) is 0 Å². The highest BCUT2D eigenvalue weighted by atomic mass is 35.5. The summed E-state index contributed by atoms with van der Waals surface area (Å²) in [6.07, 6.45) is 0. The smallest absolute Gasteiger partial charge is 0.257 e. The molecule has 0 aliphatic carbocycles. The zero-order chi connectivity index (χ0) is 18.0. The lowest BCUT2D eigenvalue weighted by Crippen LogP contribution is -2.45. The van der Waals surface area contributed by atoms with Gasteiger partial charge in [-0.05, 0) is 33.0 Å². The van der Waals surface area contributed by atoms with Gasteiger partial charge in [-0.25, -0.2) is 9.97 Å². The molecule has 0 saturated carbocycles. The van der Waals surface area contributed by atoms with E-state index in [-0.39, 0.29) is 5.91 Å². The summed E-state index contributed by atoms with van der Waals surface area (Å²) in [5, 5.41) is 3.32. The first-order valence-electron chi connectivity index (χ1n) is 8.30. The Morgan fingerprint density at radius 3 is 2.28 bits per heavy atom. The van der Waals surface area contributed by atoms with E-state index in [9.17, 15) is 4.79 Å². The van der Waals surface area contributed by atoms with Crippen LogP contribution in [0.3, 0.4) is 0 Å². The summed E-state index contributed by atoms with van der Waals surface area (Å²) >= 11 is 6.10. The number of carbonyl (C=O) groups excluding carboxylic acids is 1. The molecule has 0 bridgehead atoms. The van der Waals surface area contributed by atoms with Crippen molar-refractivity contribution >= 4 is 29.1 Å². The number of carbonyl (C=O) groups is 1. The molecular formula is C18H22ClN5O. The summed E-state index contributed by atoms with van der Waals surface area (Å²) in [5.74, 6) is 0.464. The van der Waals surface area contributed by atoms with Crippen LogP contribution >= 0.6 is 11.6 Å². The molecule has 2 heterocycles. The molecule has 1 fully saturated rings. The van der Waals surface area contributed by atoms with Crippen molar-refractivity contribution in [1.29, 1.82) is 0 Å². The summed E-state index contributed by atoms with van der Waals surface area (Å²) in [5.41, 5.74) is 2.58. The molecule has 7 heteroatoms. The number of amides is 1. The van der Waals surface area contributed by atoms with Gasteiger partial charge >= 0.3 is 0 Å². The number of anilines is 2. The van der Waals surface area contributed by atoms with E-state index in [1.54, 1.807) is 24.3 Å². The number of aryl methyl sites for hydroxylation is 2. The Morgan fingerprint density at radius 2 is 1.68 bits per heavy atom. The fraction of sp³-hybridized carbons (Fsp3) is 0.389. The van der Waals surface area contributed by atoms with Crippen LogP contribution < -0.4 is 10.2 Å². The second-order valence-electron chi connectivity index (χ2n) is 6.29.